The Morgan fingerprint density at radius 2 is 2.12 bits per heavy atom. The molecule has 1 heterocycles. The second-order valence-electron chi connectivity index (χ2n) is 3.48. The van der Waals surface area contributed by atoms with Crippen molar-refractivity contribution in [3.63, 3.8) is 0 Å². The zero-order chi connectivity index (χ0) is 11.7. The second kappa shape index (κ2) is 4.09. The Morgan fingerprint density at radius 1 is 1.38 bits per heavy atom. The van der Waals surface area contributed by atoms with Gasteiger partial charge in [-0.2, -0.15) is 0 Å². The Kier molecular flexibility index (Phi) is 2.78. The SMILES string of the molecule is Cc1ccc(F)cc1C(=O)c1snnc1C. The number of aryl methyl sites for hydroxylation is 2. The normalized spacial score (nSPS) is 10.4. The Labute approximate surface area is 96.1 Å². The molecule has 1 aromatic heterocycles. The number of carbonyl (C=O) groups excluding carboxylic acids is 1. The summed E-state index contributed by atoms with van der Waals surface area (Å²) in [5.74, 6) is -0.631. The van der Waals surface area contributed by atoms with Gasteiger partial charge in [-0.15, -0.1) is 5.10 Å². The quantitative estimate of drug-likeness (QED) is 0.752. The first-order valence-corrected chi connectivity index (χ1v) is 5.46. The van der Waals surface area contributed by atoms with Crippen molar-refractivity contribution in [2.24, 2.45) is 0 Å². The van der Waals surface area contributed by atoms with Crippen LogP contribution >= 0.6 is 11.5 Å². The van der Waals surface area contributed by atoms with Gasteiger partial charge >= 0.3 is 0 Å². The van der Waals surface area contributed by atoms with E-state index in [4.69, 9.17) is 0 Å². The fraction of sp³-hybridized carbons (Fsp3) is 0.182. The van der Waals surface area contributed by atoms with E-state index >= 15 is 0 Å². The van der Waals surface area contributed by atoms with Crippen LogP contribution in [0, 0.1) is 19.7 Å². The van der Waals surface area contributed by atoms with E-state index in [9.17, 15) is 9.18 Å². The maximum atomic E-state index is 13.1. The summed E-state index contributed by atoms with van der Waals surface area (Å²) in [5.41, 5.74) is 1.70. The van der Waals surface area contributed by atoms with Gasteiger partial charge in [0.1, 0.15) is 10.7 Å². The highest BCUT2D eigenvalue weighted by Gasteiger charge is 2.17. The third-order valence-corrected chi connectivity index (χ3v) is 3.13. The molecule has 2 aromatic rings. The molecular weight excluding hydrogens is 227 g/mol. The molecule has 0 aliphatic heterocycles. The van der Waals surface area contributed by atoms with Crippen molar-refractivity contribution in [1.82, 2.24) is 9.59 Å². The molecule has 0 aliphatic rings. The highest BCUT2D eigenvalue weighted by atomic mass is 32.1. The van der Waals surface area contributed by atoms with Crippen LogP contribution in [0.25, 0.3) is 0 Å². The van der Waals surface area contributed by atoms with Gasteiger partial charge in [0.15, 0.2) is 0 Å². The Bertz CT molecular complexity index is 551. The number of benzene rings is 1. The predicted octanol–water partition coefficient (Wildman–Crippen LogP) is 2.53. The molecule has 0 saturated carbocycles. The average Bonchev–Trinajstić information content (AvgIpc) is 2.67. The summed E-state index contributed by atoms with van der Waals surface area (Å²) in [6.45, 7) is 3.49. The van der Waals surface area contributed by atoms with Gasteiger partial charge < -0.3 is 0 Å². The number of halogens is 1. The number of aromatic nitrogens is 2. The molecule has 0 bridgehead atoms. The van der Waals surface area contributed by atoms with Crippen molar-refractivity contribution in [3.05, 3.63) is 45.7 Å². The van der Waals surface area contributed by atoms with E-state index in [2.05, 4.69) is 9.59 Å². The molecule has 0 amide bonds. The molecule has 16 heavy (non-hydrogen) atoms. The number of rotatable bonds is 2. The largest absolute Gasteiger partial charge is 0.288 e. The molecule has 0 N–H and O–H groups in total. The lowest BCUT2D eigenvalue weighted by Gasteiger charge is -2.03. The van der Waals surface area contributed by atoms with Crippen molar-refractivity contribution in [1.29, 1.82) is 0 Å². The minimum absolute atomic E-state index is 0.218. The van der Waals surface area contributed by atoms with Gasteiger partial charge in [-0.1, -0.05) is 10.6 Å². The first-order chi connectivity index (χ1) is 7.59. The summed E-state index contributed by atoms with van der Waals surface area (Å²) < 4.78 is 16.8. The van der Waals surface area contributed by atoms with Gasteiger partial charge in [0, 0.05) is 5.56 Å². The Morgan fingerprint density at radius 3 is 2.75 bits per heavy atom. The number of nitrogens with zero attached hydrogens (tertiary/aromatic N) is 2. The third kappa shape index (κ3) is 1.86. The molecule has 5 heteroatoms. The molecule has 82 valence electrons. The number of hydrogen-bond acceptors (Lipinski definition) is 4. The van der Waals surface area contributed by atoms with Crippen LogP contribution in [0.5, 0.6) is 0 Å². The van der Waals surface area contributed by atoms with Crippen molar-refractivity contribution in [3.8, 4) is 0 Å². The zero-order valence-electron chi connectivity index (χ0n) is 8.82. The highest BCUT2D eigenvalue weighted by molar-refractivity contribution is 7.08. The molecule has 0 atom stereocenters. The Hall–Kier alpha value is -1.62. The van der Waals surface area contributed by atoms with Gasteiger partial charge in [-0.05, 0) is 43.1 Å². The molecular formula is C11H9FN2OS. The van der Waals surface area contributed by atoms with Crippen LogP contribution in [-0.2, 0) is 0 Å². The molecule has 0 spiro atoms. The molecule has 3 nitrogen and oxygen atoms in total. The predicted molar refractivity (Wildman–Crippen MR) is 59.2 cm³/mol. The second-order valence-corrected chi connectivity index (χ2v) is 4.23. The van der Waals surface area contributed by atoms with Crippen LogP contribution in [0.4, 0.5) is 4.39 Å². The Balaban J connectivity index is 2.49. The van der Waals surface area contributed by atoms with Crippen LogP contribution in [0.15, 0.2) is 18.2 Å². The number of ketones is 1. The standard InChI is InChI=1S/C11H9FN2OS/c1-6-3-4-8(12)5-9(6)10(15)11-7(2)13-14-16-11/h3-5H,1-2H3. The maximum Gasteiger partial charge on any atom is 0.206 e. The van der Waals surface area contributed by atoms with E-state index in [-0.39, 0.29) is 5.78 Å². The van der Waals surface area contributed by atoms with E-state index in [1.807, 2.05) is 0 Å². The van der Waals surface area contributed by atoms with Crippen LogP contribution in [0.1, 0.15) is 26.5 Å². The summed E-state index contributed by atoms with van der Waals surface area (Å²) in [4.78, 5) is 12.5. The summed E-state index contributed by atoms with van der Waals surface area (Å²) >= 11 is 1.03. The van der Waals surface area contributed by atoms with Gasteiger partial charge in [-0.3, -0.25) is 4.79 Å². The lowest BCUT2D eigenvalue weighted by molar-refractivity contribution is 0.104. The topological polar surface area (TPSA) is 42.9 Å². The van der Waals surface area contributed by atoms with Crippen molar-refractivity contribution >= 4 is 17.3 Å². The van der Waals surface area contributed by atoms with Crippen LogP contribution < -0.4 is 0 Å². The first kappa shape index (κ1) is 10.9. The summed E-state index contributed by atoms with van der Waals surface area (Å²) in [6, 6.07) is 4.17. The summed E-state index contributed by atoms with van der Waals surface area (Å²) in [7, 11) is 0. The van der Waals surface area contributed by atoms with Crippen LogP contribution in [0.2, 0.25) is 0 Å². The van der Waals surface area contributed by atoms with Crippen molar-refractivity contribution < 1.29 is 9.18 Å². The van der Waals surface area contributed by atoms with E-state index in [0.29, 0.717) is 16.1 Å². The lowest BCUT2D eigenvalue weighted by atomic mass is 10.0. The molecule has 0 saturated heterocycles. The molecule has 2 rings (SSSR count). The van der Waals surface area contributed by atoms with Gasteiger partial charge in [0.25, 0.3) is 0 Å². The zero-order valence-corrected chi connectivity index (χ0v) is 9.64. The molecule has 1 aromatic carbocycles. The van der Waals surface area contributed by atoms with E-state index in [1.54, 1.807) is 19.9 Å². The smallest absolute Gasteiger partial charge is 0.206 e. The fourth-order valence-electron chi connectivity index (χ4n) is 1.40. The molecule has 0 fully saturated rings. The molecule has 0 unspecified atom stereocenters. The minimum atomic E-state index is -0.413. The van der Waals surface area contributed by atoms with Crippen LogP contribution in [-0.4, -0.2) is 15.4 Å². The number of carbonyl (C=O) groups is 1. The first-order valence-electron chi connectivity index (χ1n) is 4.69. The van der Waals surface area contributed by atoms with E-state index < -0.39 is 5.82 Å². The number of hydrogen-bond donors (Lipinski definition) is 0. The van der Waals surface area contributed by atoms with Gasteiger partial charge in [0.2, 0.25) is 5.78 Å². The lowest BCUT2D eigenvalue weighted by Crippen LogP contribution is -2.04. The highest BCUT2D eigenvalue weighted by Crippen LogP contribution is 2.19. The third-order valence-electron chi connectivity index (χ3n) is 2.30. The van der Waals surface area contributed by atoms with Gasteiger partial charge in [0.05, 0.1) is 5.69 Å². The van der Waals surface area contributed by atoms with Crippen molar-refractivity contribution in [2.45, 2.75) is 13.8 Å². The van der Waals surface area contributed by atoms with Crippen molar-refractivity contribution in [2.75, 3.05) is 0 Å². The minimum Gasteiger partial charge on any atom is -0.288 e. The van der Waals surface area contributed by atoms with E-state index in [1.165, 1.54) is 12.1 Å². The fourth-order valence-corrected chi connectivity index (χ4v) is 2.01. The monoisotopic (exact) mass is 236 g/mol. The summed E-state index contributed by atoms with van der Waals surface area (Å²) in [5, 5.41) is 3.77. The molecule has 0 aliphatic carbocycles. The van der Waals surface area contributed by atoms with E-state index in [0.717, 1.165) is 17.1 Å². The van der Waals surface area contributed by atoms with Crippen LogP contribution in [0.3, 0.4) is 0 Å². The molecule has 0 radical (unpaired) electrons. The summed E-state index contributed by atoms with van der Waals surface area (Å²) in [6.07, 6.45) is 0. The van der Waals surface area contributed by atoms with Gasteiger partial charge in [-0.25, -0.2) is 4.39 Å². The average molecular weight is 236 g/mol. The maximum absolute atomic E-state index is 13.1.